The average Bonchev–Trinajstić information content (AvgIpc) is 2.47. The van der Waals surface area contributed by atoms with Gasteiger partial charge in [0.2, 0.25) is 0 Å². The highest BCUT2D eigenvalue weighted by Crippen LogP contribution is 2.31. The first-order chi connectivity index (χ1) is 10.0. The van der Waals surface area contributed by atoms with Crippen molar-refractivity contribution in [1.82, 2.24) is 0 Å². The number of methoxy groups -OCH3 is 1. The second-order valence-corrected chi connectivity index (χ2v) is 5.13. The summed E-state index contributed by atoms with van der Waals surface area (Å²) >= 11 is 0. The Labute approximate surface area is 121 Å². The SMILES string of the molecule is COC(=O)[C@H]1CC[C@@H](Nc2cc(F)ccc2[N+](=O)[O-])CC1. The van der Waals surface area contributed by atoms with Crippen LogP contribution in [0.2, 0.25) is 0 Å². The lowest BCUT2D eigenvalue weighted by Crippen LogP contribution is -2.30. The molecule has 1 aromatic carbocycles. The van der Waals surface area contributed by atoms with Crippen molar-refractivity contribution in [2.24, 2.45) is 5.92 Å². The van der Waals surface area contributed by atoms with E-state index >= 15 is 0 Å². The molecule has 6 nitrogen and oxygen atoms in total. The monoisotopic (exact) mass is 296 g/mol. The molecular formula is C14H17FN2O4. The molecule has 21 heavy (non-hydrogen) atoms. The van der Waals surface area contributed by atoms with Crippen molar-refractivity contribution in [3.05, 3.63) is 34.1 Å². The van der Waals surface area contributed by atoms with Gasteiger partial charge < -0.3 is 10.1 Å². The van der Waals surface area contributed by atoms with Gasteiger partial charge in [-0.2, -0.15) is 0 Å². The molecular weight excluding hydrogens is 279 g/mol. The van der Waals surface area contributed by atoms with Gasteiger partial charge >= 0.3 is 5.97 Å². The summed E-state index contributed by atoms with van der Waals surface area (Å²) in [5.41, 5.74) is 0.0352. The Kier molecular flexibility index (Phi) is 4.72. The summed E-state index contributed by atoms with van der Waals surface area (Å²) in [5, 5.41) is 14.0. The van der Waals surface area contributed by atoms with Crippen LogP contribution in [0.1, 0.15) is 25.7 Å². The zero-order valence-electron chi connectivity index (χ0n) is 11.7. The first kappa shape index (κ1) is 15.2. The number of nitrogens with zero attached hydrogens (tertiary/aromatic N) is 1. The predicted molar refractivity (Wildman–Crippen MR) is 74.4 cm³/mol. The number of halogens is 1. The lowest BCUT2D eigenvalue weighted by Gasteiger charge is -2.28. The summed E-state index contributed by atoms with van der Waals surface area (Å²) in [6.45, 7) is 0. The lowest BCUT2D eigenvalue weighted by molar-refractivity contribution is -0.384. The molecule has 0 aromatic heterocycles. The van der Waals surface area contributed by atoms with Gasteiger partial charge in [-0.25, -0.2) is 4.39 Å². The highest BCUT2D eigenvalue weighted by atomic mass is 19.1. The number of nitro groups is 1. The van der Waals surface area contributed by atoms with Gasteiger partial charge in [-0.05, 0) is 31.7 Å². The van der Waals surface area contributed by atoms with Crippen molar-refractivity contribution in [3.8, 4) is 0 Å². The van der Waals surface area contributed by atoms with Crippen molar-refractivity contribution in [2.45, 2.75) is 31.7 Å². The van der Waals surface area contributed by atoms with E-state index in [-0.39, 0.29) is 29.3 Å². The van der Waals surface area contributed by atoms with Gasteiger partial charge in [0.15, 0.2) is 0 Å². The molecule has 0 aliphatic heterocycles. The highest BCUT2D eigenvalue weighted by Gasteiger charge is 2.28. The van der Waals surface area contributed by atoms with Crippen LogP contribution in [0.5, 0.6) is 0 Å². The third-order valence-electron chi connectivity index (χ3n) is 3.78. The van der Waals surface area contributed by atoms with Gasteiger partial charge in [0, 0.05) is 18.2 Å². The zero-order valence-corrected chi connectivity index (χ0v) is 11.7. The maximum absolute atomic E-state index is 13.3. The van der Waals surface area contributed by atoms with E-state index in [2.05, 4.69) is 5.32 Å². The van der Waals surface area contributed by atoms with E-state index in [0.717, 1.165) is 18.2 Å². The summed E-state index contributed by atoms with van der Waals surface area (Å²) in [7, 11) is 1.36. The molecule has 1 aliphatic carbocycles. The minimum Gasteiger partial charge on any atom is -0.469 e. The van der Waals surface area contributed by atoms with Crippen LogP contribution in [0.4, 0.5) is 15.8 Å². The number of anilines is 1. The molecule has 1 aliphatic rings. The Morgan fingerprint density at radius 1 is 1.38 bits per heavy atom. The fourth-order valence-electron chi connectivity index (χ4n) is 2.64. The molecule has 1 N–H and O–H groups in total. The number of esters is 1. The molecule has 0 heterocycles. The second-order valence-electron chi connectivity index (χ2n) is 5.13. The highest BCUT2D eigenvalue weighted by molar-refractivity contribution is 5.72. The quantitative estimate of drug-likeness (QED) is 0.525. The fraction of sp³-hybridized carbons (Fsp3) is 0.500. The molecule has 0 saturated heterocycles. The summed E-state index contributed by atoms with van der Waals surface area (Å²) in [6, 6.07) is 3.34. The molecule has 7 heteroatoms. The maximum Gasteiger partial charge on any atom is 0.308 e. The third-order valence-corrected chi connectivity index (χ3v) is 3.78. The molecule has 1 saturated carbocycles. The van der Waals surface area contributed by atoms with Crippen molar-refractivity contribution in [1.29, 1.82) is 0 Å². The van der Waals surface area contributed by atoms with E-state index in [9.17, 15) is 19.3 Å². The third kappa shape index (κ3) is 3.68. The van der Waals surface area contributed by atoms with E-state index in [1.54, 1.807) is 0 Å². The van der Waals surface area contributed by atoms with Crippen molar-refractivity contribution >= 4 is 17.3 Å². The molecule has 0 amide bonds. The van der Waals surface area contributed by atoms with Crippen LogP contribution in [-0.2, 0) is 9.53 Å². The van der Waals surface area contributed by atoms with Crippen molar-refractivity contribution in [3.63, 3.8) is 0 Å². The van der Waals surface area contributed by atoms with Gasteiger partial charge in [-0.3, -0.25) is 14.9 Å². The van der Waals surface area contributed by atoms with Crippen molar-refractivity contribution < 1.29 is 18.8 Å². The van der Waals surface area contributed by atoms with Crippen LogP contribution in [-0.4, -0.2) is 24.0 Å². The fourth-order valence-corrected chi connectivity index (χ4v) is 2.64. The smallest absolute Gasteiger partial charge is 0.308 e. The van der Waals surface area contributed by atoms with Crippen LogP contribution in [0.15, 0.2) is 18.2 Å². The molecule has 0 unspecified atom stereocenters. The summed E-state index contributed by atoms with van der Waals surface area (Å²) in [4.78, 5) is 21.8. The predicted octanol–water partition coefficient (Wildman–Crippen LogP) is 2.88. The lowest BCUT2D eigenvalue weighted by atomic mass is 9.86. The number of benzene rings is 1. The largest absolute Gasteiger partial charge is 0.469 e. The molecule has 0 spiro atoms. The Morgan fingerprint density at radius 2 is 2.05 bits per heavy atom. The minimum absolute atomic E-state index is 0.00796. The van der Waals surface area contributed by atoms with E-state index in [4.69, 9.17) is 4.74 Å². The number of carbonyl (C=O) groups excluding carboxylic acids is 1. The van der Waals surface area contributed by atoms with Gasteiger partial charge in [0.25, 0.3) is 5.69 Å². The molecule has 0 atom stereocenters. The number of hydrogen-bond acceptors (Lipinski definition) is 5. The first-order valence-corrected chi connectivity index (χ1v) is 6.79. The standard InChI is InChI=1S/C14H17FN2O4/c1-21-14(18)9-2-5-11(6-3-9)16-12-8-10(15)4-7-13(12)17(19)20/h4,7-9,11,16H,2-3,5-6H2,1H3/t9-,11+. The Balaban J connectivity index is 2.02. The maximum atomic E-state index is 13.3. The minimum atomic E-state index is -0.540. The summed E-state index contributed by atoms with van der Waals surface area (Å²) < 4.78 is 18.0. The van der Waals surface area contributed by atoms with Crippen LogP contribution >= 0.6 is 0 Å². The van der Waals surface area contributed by atoms with Gasteiger partial charge in [0.1, 0.15) is 11.5 Å². The molecule has 0 radical (unpaired) electrons. The van der Waals surface area contributed by atoms with E-state index < -0.39 is 10.7 Å². The number of hydrogen-bond donors (Lipinski definition) is 1. The first-order valence-electron chi connectivity index (χ1n) is 6.79. The number of rotatable bonds is 4. The molecule has 0 bridgehead atoms. The second kappa shape index (κ2) is 6.51. The summed E-state index contributed by atoms with van der Waals surface area (Å²) in [6.07, 6.45) is 2.70. The van der Waals surface area contributed by atoms with Crippen LogP contribution < -0.4 is 5.32 Å². The van der Waals surface area contributed by atoms with Crippen LogP contribution in [0, 0.1) is 21.8 Å². The van der Waals surface area contributed by atoms with Crippen LogP contribution in [0.3, 0.4) is 0 Å². The topological polar surface area (TPSA) is 81.5 Å². The Bertz CT molecular complexity index is 542. The molecule has 114 valence electrons. The molecule has 1 fully saturated rings. The average molecular weight is 296 g/mol. The number of ether oxygens (including phenoxy) is 1. The van der Waals surface area contributed by atoms with E-state index in [1.807, 2.05) is 0 Å². The van der Waals surface area contributed by atoms with E-state index in [0.29, 0.717) is 25.7 Å². The summed E-state index contributed by atoms with van der Waals surface area (Å²) in [5.74, 6) is -0.855. The molecule has 2 rings (SSSR count). The van der Waals surface area contributed by atoms with Gasteiger partial charge in [0.05, 0.1) is 18.0 Å². The normalized spacial score (nSPS) is 21.6. The van der Waals surface area contributed by atoms with Gasteiger partial charge in [-0.15, -0.1) is 0 Å². The van der Waals surface area contributed by atoms with Crippen molar-refractivity contribution in [2.75, 3.05) is 12.4 Å². The molecule has 1 aromatic rings. The number of carbonyl (C=O) groups is 1. The van der Waals surface area contributed by atoms with E-state index in [1.165, 1.54) is 7.11 Å². The number of nitro benzene ring substituents is 1. The number of nitrogens with one attached hydrogen (secondary N) is 1. The van der Waals surface area contributed by atoms with Gasteiger partial charge in [-0.1, -0.05) is 0 Å². The zero-order chi connectivity index (χ0) is 15.4. The Hall–Kier alpha value is -2.18. The Morgan fingerprint density at radius 3 is 2.62 bits per heavy atom. The van der Waals surface area contributed by atoms with Crippen LogP contribution in [0.25, 0.3) is 0 Å².